The van der Waals surface area contributed by atoms with Gasteiger partial charge in [-0.05, 0) is 30.5 Å². The van der Waals surface area contributed by atoms with Crippen LogP contribution >= 0.6 is 0 Å². The van der Waals surface area contributed by atoms with E-state index in [0.29, 0.717) is 17.9 Å². The zero-order chi connectivity index (χ0) is 14.7. The summed E-state index contributed by atoms with van der Waals surface area (Å²) >= 11 is 0. The SMILES string of the molecule is Cc1c(OCc2ccccc2)cc(O)c(C(=O)O)c1C. The van der Waals surface area contributed by atoms with Crippen molar-refractivity contribution >= 4 is 5.97 Å². The van der Waals surface area contributed by atoms with Crippen LogP contribution in [0.15, 0.2) is 36.4 Å². The standard InChI is InChI=1S/C16H16O4/c1-10-11(2)15(16(18)19)13(17)8-14(10)20-9-12-6-4-3-5-7-12/h3-8,17H,9H2,1-2H3,(H,18,19). The molecule has 0 aliphatic heterocycles. The first-order valence-electron chi connectivity index (χ1n) is 6.24. The van der Waals surface area contributed by atoms with Crippen LogP contribution in [0.2, 0.25) is 0 Å². The summed E-state index contributed by atoms with van der Waals surface area (Å²) in [5.74, 6) is -0.921. The lowest BCUT2D eigenvalue weighted by Crippen LogP contribution is -2.05. The first-order valence-corrected chi connectivity index (χ1v) is 6.24. The van der Waals surface area contributed by atoms with Crippen molar-refractivity contribution in [2.75, 3.05) is 0 Å². The van der Waals surface area contributed by atoms with E-state index < -0.39 is 5.97 Å². The Labute approximate surface area is 117 Å². The molecule has 2 N–H and O–H groups in total. The fourth-order valence-corrected chi connectivity index (χ4v) is 2.02. The number of rotatable bonds is 4. The summed E-state index contributed by atoms with van der Waals surface area (Å²) < 4.78 is 5.67. The summed E-state index contributed by atoms with van der Waals surface area (Å²) in [5.41, 5.74) is 2.16. The van der Waals surface area contributed by atoms with Gasteiger partial charge in [-0.2, -0.15) is 0 Å². The Bertz CT molecular complexity index is 633. The molecule has 0 atom stereocenters. The lowest BCUT2D eigenvalue weighted by atomic mass is 10.0. The topological polar surface area (TPSA) is 66.8 Å². The van der Waals surface area contributed by atoms with E-state index in [2.05, 4.69) is 0 Å². The third kappa shape index (κ3) is 2.74. The molecule has 0 bridgehead atoms. The van der Waals surface area contributed by atoms with Crippen LogP contribution < -0.4 is 4.74 Å². The molecule has 2 aromatic carbocycles. The molecule has 4 heteroatoms. The lowest BCUT2D eigenvalue weighted by Gasteiger charge is -2.14. The van der Waals surface area contributed by atoms with Crippen LogP contribution in [-0.4, -0.2) is 16.2 Å². The number of benzene rings is 2. The minimum atomic E-state index is -1.14. The van der Waals surface area contributed by atoms with Crippen LogP contribution in [-0.2, 0) is 6.61 Å². The number of hydrogen-bond donors (Lipinski definition) is 2. The van der Waals surface area contributed by atoms with Gasteiger partial charge in [0.25, 0.3) is 0 Å². The first-order chi connectivity index (χ1) is 9.50. The minimum absolute atomic E-state index is 0.0745. The van der Waals surface area contributed by atoms with E-state index in [4.69, 9.17) is 9.84 Å². The van der Waals surface area contributed by atoms with E-state index in [9.17, 15) is 9.90 Å². The molecule has 0 spiro atoms. The fourth-order valence-electron chi connectivity index (χ4n) is 2.02. The van der Waals surface area contributed by atoms with E-state index in [1.165, 1.54) is 6.07 Å². The summed E-state index contributed by atoms with van der Waals surface area (Å²) in [7, 11) is 0. The number of ether oxygens (including phenoxy) is 1. The molecule has 2 aromatic rings. The highest BCUT2D eigenvalue weighted by atomic mass is 16.5. The molecule has 0 aliphatic rings. The van der Waals surface area contributed by atoms with Gasteiger partial charge in [0, 0.05) is 6.07 Å². The Hall–Kier alpha value is -2.49. The maximum absolute atomic E-state index is 11.1. The zero-order valence-electron chi connectivity index (χ0n) is 11.4. The quantitative estimate of drug-likeness (QED) is 0.896. The van der Waals surface area contributed by atoms with Gasteiger partial charge in [-0.25, -0.2) is 4.79 Å². The monoisotopic (exact) mass is 272 g/mol. The molecule has 0 radical (unpaired) electrons. The van der Waals surface area contributed by atoms with Gasteiger partial charge in [-0.1, -0.05) is 30.3 Å². The number of carboxylic acid groups (broad SMARTS) is 1. The maximum atomic E-state index is 11.1. The van der Waals surface area contributed by atoms with Crippen molar-refractivity contribution in [3.05, 3.63) is 58.7 Å². The Kier molecular flexibility index (Phi) is 3.94. The molecule has 0 heterocycles. The number of hydrogen-bond acceptors (Lipinski definition) is 3. The van der Waals surface area contributed by atoms with Crippen molar-refractivity contribution in [3.8, 4) is 11.5 Å². The van der Waals surface area contributed by atoms with Gasteiger partial charge < -0.3 is 14.9 Å². The van der Waals surface area contributed by atoms with Gasteiger partial charge in [-0.15, -0.1) is 0 Å². The molecule has 0 fully saturated rings. The minimum Gasteiger partial charge on any atom is -0.507 e. The smallest absolute Gasteiger partial charge is 0.339 e. The molecule has 4 nitrogen and oxygen atoms in total. The van der Waals surface area contributed by atoms with Gasteiger partial charge in [0.05, 0.1) is 0 Å². The predicted octanol–water partition coefficient (Wildman–Crippen LogP) is 3.29. The number of carboxylic acids is 1. The molecule has 20 heavy (non-hydrogen) atoms. The summed E-state index contributed by atoms with van der Waals surface area (Å²) in [4.78, 5) is 11.1. The molecule has 104 valence electrons. The predicted molar refractivity (Wildman–Crippen MR) is 75.3 cm³/mol. The summed E-state index contributed by atoms with van der Waals surface area (Å²) in [6.07, 6.45) is 0. The number of phenols is 1. The number of carbonyl (C=O) groups is 1. The largest absolute Gasteiger partial charge is 0.507 e. The van der Waals surface area contributed by atoms with Crippen LogP contribution in [0.5, 0.6) is 11.5 Å². The van der Waals surface area contributed by atoms with Crippen molar-refractivity contribution in [3.63, 3.8) is 0 Å². The molecule has 0 aliphatic carbocycles. The summed E-state index contributed by atoms with van der Waals surface area (Å²) in [6.45, 7) is 3.81. The second-order valence-electron chi connectivity index (χ2n) is 4.60. The summed E-state index contributed by atoms with van der Waals surface area (Å²) in [5, 5.41) is 18.9. The van der Waals surface area contributed by atoms with Crippen molar-refractivity contribution < 1.29 is 19.7 Å². The molecule has 0 amide bonds. The van der Waals surface area contributed by atoms with E-state index >= 15 is 0 Å². The fraction of sp³-hybridized carbons (Fsp3) is 0.188. The van der Waals surface area contributed by atoms with E-state index in [-0.39, 0.29) is 11.3 Å². The Morgan fingerprint density at radius 2 is 1.80 bits per heavy atom. The van der Waals surface area contributed by atoms with Crippen LogP contribution in [0.3, 0.4) is 0 Å². The van der Waals surface area contributed by atoms with Crippen molar-refractivity contribution in [1.29, 1.82) is 0 Å². The van der Waals surface area contributed by atoms with Crippen LogP contribution in [0.25, 0.3) is 0 Å². The molecule has 0 saturated carbocycles. The molecule has 0 aromatic heterocycles. The highest BCUT2D eigenvalue weighted by molar-refractivity contribution is 5.93. The van der Waals surface area contributed by atoms with E-state index in [1.807, 2.05) is 30.3 Å². The average molecular weight is 272 g/mol. The highest BCUT2D eigenvalue weighted by Gasteiger charge is 2.18. The van der Waals surface area contributed by atoms with Crippen molar-refractivity contribution in [1.82, 2.24) is 0 Å². The lowest BCUT2D eigenvalue weighted by molar-refractivity contribution is 0.0692. The van der Waals surface area contributed by atoms with Gasteiger partial charge in [-0.3, -0.25) is 0 Å². The van der Waals surface area contributed by atoms with Crippen LogP contribution in [0, 0.1) is 13.8 Å². The molecule has 0 saturated heterocycles. The summed E-state index contributed by atoms with van der Waals surface area (Å²) in [6, 6.07) is 11.0. The van der Waals surface area contributed by atoms with Gasteiger partial charge >= 0.3 is 5.97 Å². The van der Waals surface area contributed by atoms with Crippen molar-refractivity contribution in [2.24, 2.45) is 0 Å². The molecule has 0 unspecified atom stereocenters. The molecular weight excluding hydrogens is 256 g/mol. The van der Waals surface area contributed by atoms with Gasteiger partial charge in [0.1, 0.15) is 23.7 Å². The van der Waals surface area contributed by atoms with Gasteiger partial charge in [0.15, 0.2) is 0 Å². The van der Waals surface area contributed by atoms with Gasteiger partial charge in [0.2, 0.25) is 0 Å². The van der Waals surface area contributed by atoms with Crippen LogP contribution in [0.1, 0.15) is 27.0 Å². The Balaban J connectivity index is 2.28. The second-order valence-corrected chi connectivity index (χ2v) is 4.60. The normalized spacial score (nSPS) is 10.3. The molecular formula is C16H16O4. The zero-order valence-corrected chi connectivity index (χ0v) is 11.4. The first kappa shape index (κ1) is 13.9. The Morgan fingerprint density at radius 3 is 2.40 bits per heavy atom. The second kappa shape index (κ2) is 5.65. The number of aromatic carboxylic acids is 1. The average Bonchev–Trinajstić information content (AvgIpc) is 2.42. The van der Waals surface area contributed by atoms with E-state index in [0.717, 1.165) is 11.1 Å². The van der Waals surface area contributed by atoms with E-state index in [1.54, 1.807) is 13.8 Å². The molecule has 2 rings (SSSR count). The third-order valence-electron chi connectivity index (χ3n) is 3.28. The van der Waals surface area contributed by atoms with Crippen LogP contribution in [0.4, 0.5) is 0 Å². The highest BCUT2D eigenvalue weighted by Crippen LogP contribution is 2.32. The maximum Gasteiger partial charge on any atom is 0.339 e. The van der Waals surface area contributed by atoms with Crippen molar-refractivity contribution in [2.45, 2.75) is 20.5 Å². The third-order valence-corrected chi connectivity index (χ3v) is 3.28. The Morgan fingerprint density at radius 1 is 1.15 bits per heavy atom. The number of aromatic hydroxyl groups is 1.